The van der Waals surface area contributed by atoms with Crippen LogP contribution in [0.25, 0.3) is 0 Å². The molecule has 2 aromatic carbocycles. The Bertz CT molecular complexity index is 639. The molecule has 0 atom stereocenters. The molecule has 0 aliphatic carbocycles. The fraction of sp³-hybridized carbons (Fsp3) is 0.235. The minimum Gasteiger partial charge on any atom is -0.376 e. The number of alkyl halides is 3. The molecule has 0 aliphatic heterocycles. The zero-order valence-corrected chi connectivity index (χ0v) is 12.6. The third-order valence-corrected chi connectivity index (χ3v) is 3.34. The molecule has 3 nitrogen and oxygen atoms in total. The smallest absolute Gasteiger partial charge is 0.376 e. The predicted octanol–water partition coefficient (Wildman–Crippen LogP) is 3.78. The van der Waals surface area contributed by atoms with Crippen molar-refractivity contribution >= 4 is 11.6 Å². The van der Waals surface area contributed by atoms with E-state index in [1.807, 2.05) is 30.3 Å². The van der Waals surface area contributed by atoms with E-state index < -0.39 is 11.7 Å². The third-order valence-electron chi connectivity index (χ3n) is 3.34. The summed E-state index contributed by atoms with van der Waals surface area (Å²) in [5.74, 6) is -0.145. The SMILES string of the molecule is CN(Cc1ccccc1)C(=O)CNc1ccc(C(F)(F)F)cc1. The summed E-state index contributed by atoms with van der Waals surface area (Å²) in [7, 11) is 1.68. The minimum absolute atomic E-state index is 0.0225. The van der Waals surface area contributed by atoms with Crippen LogP contribution < -0.4 is 5.32 Å². The highest BCUT2D eigenvalue weighted by atomic mass is 19.4. The third kappa shape index (κ3) is 5.02. The summed E-state index contributed by atoms with van der Waals surface area (Å²) < 4.78 is 37.4. The molecule has 0 aliphatic rings. The average Bonchev–Trinajstić information content (AvgIpc) is 2.53. The molecule has 0 saturated carbocycles. The van der Waals surface area contributed by atoms with E-state index >= 15 is 0 Å². The van der Waals surface area contributed by atoms with Gasteiger partial charge in [0.2, 0.25) is 5.91 Å². The normalized spacial score (nSPS) is 11.1. The Balaban J connectivity index is 1.86. The lowest BCUT2D eigenvalue weighted by Gasteiger charge is -2.18. The van der Waals surface area contributed by atoms with Crippen LogP contribution in [-0.4, -0.2) is 24.4 Å². The number of rotatable bonds is 5. The number of amides is 1. The molecule has 6 heteroatoms. The van der Waals surface area contributed by atoms with Crippen LogP contribution in [0.4, 0.5) is 18.9 Å². The van der Waals surface area contributed by atoms with Crippen molar-refractivity contribution in [3.63, 3.8) is 0 Å². The lowest BCUT2D eigenvalue weighted by molar-refractivity contribution is -0.137. The maximum atomic E-state index is 12.5. The molecule has 122 valence electrons. The first-order valence-corrected chi connectivity index (χ1v) is 7.05. The number of nitrogens with one attached hydrogen (secondary N) is 1. The van der Waals surface area contributed by atoms with Gasteiger partial charge < -0.3 is 10.2 Å². The quantitative estimate of drug-likeness (QED) is 0.909. The first kappa shape index (κ1) is 16.9. The van der Waals surface area contributed by atoms with Crippen molar-refractivity contribution in [2.75, 3.05) is 18.9 Å². The molecule has 0 fully saturated rings. The molecular formula is C17H17F3N2O. The summed E-state index contributed by atoms with van der Waals surface area (Å²) in [5, 5.41) is 2.83. The summed E-state index contributed by atoms with van der Waals surface area (Å²) in [4.78, 5) is 13.6. The second kappa shape index (κ2) is 7.17. The van der Waals surface area contributed by atoms with Gasteiger partial charge in [0, 0.05) is 19.3 Å². The van der Waals surface area contributed by atoms with E-state index in [-0.39, 0.29) is 12.5 Å². The fourth-order valence-corrected chi connectivity index (χ4v) is 2.04. The molecule has 1 amide bonds. The highest BCUT2D eigenvalue weighted by Crippen LogP contribution is 2.29. The largest absolute Gasteiger partial charge is 0.416 e. The molecule has 0 aromatic heterocycles. The Labute approximate surface area is 132 Å². The monoisotopic (exact) mass is 322 g/mol. The Morgan fingerprint density at radius 3 is 2.22 bits per heavy atom. The average molecular weight is 322 g/mol. The van der Waals surface area contributed by atoms with Crippen molar-refractivity contribution < 1.29 is 18.0 Å². The molecule has 2 rings (SSSR count). The second-order valence-electron chi connectivity index (χ2n) is 5.16. The number of halogens is 3. The zero-order chi connectivity index (χ0) is 16.9. The van der Waals surface area contributed by atoms with Crippen molar-refractivity contribution in [3.05, 3.63) is 65.7 Å². The van der Waals surface area contributed by atoms with Crippen molar-refractivity contribution in [1.29, 1.82) is 0 Å². The molecule has 0 heterocycles. The van der Waals surface area contributed by atoms with E-state index in [0.717, 1.165) is 17.7 Å². The fourth-order valence-electron chi connectivity index (χ4n) is 2.04. The molecule has 0 radical (unpaired) electrons. The van der Waals surface area contributed by atoms with Gasteiger partial charge >= 0.3 is 6.18 Å². The standard InChI is InChI=1S/C17H17F3N2O/c1-22(12-13-5-3-2-4-6-13)16(23)11-21-15-9-7-14(8-10-15)17(18,19)20/h2-10,21H,11-12H2,1H3. The van der Waals surface area contributed by atoms with Gasteiger partial charge in [0.15, 0.2) is 0 Å². The van der Waals surface area contributed by atoms with Crippen LogP contribution in [-0.2, 0) is 17.5 Å². The Morgan fingerprint density at radius 1 is 1.04 bits per heavy atom. The van der Waals surface area contributed by atoms with Gasteiger partial charge in [0.05, 0.1) is 12.1 Å². The highest BCUT2D eigenvalue weighted by Gasteiger charge is 2.29. The van der Waals surface area contributed by atoms with Crippen LogP contribution in [0.3, 0.4) is 0 Å². The number of likely N-dealkylation sites (N-methyl/N-ethyl adjacent to an activating group) is 1. The molecule has 0 unspecified atom stereocenters. The van der Waals surface area contributed by atoms with Crippen molar-refractivity contribution in [1.82, 2.24) is 4.90 Å². The zero-order valence-electron chi connectivity index (χ0n) is 12.6. The summed E-state index contributed by atoms with van der Waals surface area (Å²) in [6.07, 6.45) is -4.36. The maximum Gasteiger partial charge on any atom is 0.416 e. The van der Waals surface area contributed by atoms with Gasteiger partial charge in [-0.1, -0.05) is 30.3 Å². The Hall–Kier alpha value is -2.50. The van der Waals surface area contributed by atoms with Gasteiger partial charge in [-0.05, 0) is 29.8 Å². The number of hydrogen-bond donors (Lipinski definition) is 1. The second-order valence-corrected chi connectivity index (χ2v) is 5.16. The van der Waals surface area contributed by atoms with E-state index in [4.69, 9.17) is 0 Å². The van der Waals surface area contributed by atoms with E-state index in [2.05, 4.69) is 5.32 Å². The molecule has 1 N–H and O–H groups in total. The lowest BCUT2D eigenvalue weighted by atomic mass is 10.2. The van der Waals surface area contributed by atoms with Crippen LogP contribution in [0.1, 0.15) is 11.1 Å². The van der Waals surface area contributed by atoms with Gasteiger partial charge in [-0.15, -0.1) is 0 Å². The van der Waals surface area contributed by atoms with Gasteiger partial charge in [0.1, 0.15) is 0 Å². The predicted molar refractivity (Wildman–Crippen MR) is 82.8 cm³/mol. The first-order chi connectivity index (χ1) is 10.9. The van der Waals surface area contributed by atoms with E-state index in [1.165, 1.54) is 12.1 Å². The Kier molecular flexibility index (Phi) is 5.26. The number of nitrogens with zero attached hydrogens (tertiary/aromatic N) is 1. The van der Waals surface area contributed by atoms with Crippen LogP contribution >= 0.6 is 0 Å². The molecule has 2 aromatic rings. The maximum absolute atomic E-state index is 12.5. The summed E-state index contributed by atoms with van der Waals surface area (Å²) in [5.41, 5.74) is 0.771. The number of hydrogen-bond acceptors (Lipinski definition) is 2. The summed E-state index contributed by atoms with van der Waals surface area (Å²) >= 11 is 0. The van der Waals surface area contributed by atoms with Gasteiger partial charge in [-0.3, -0.25) is 4.79 Å². The number of anilines is 1. The van der Waals surface area contributed by atoms with Crippen LogP contribution in [0, 0.1) is 0 Å². The summed E-state index contributed by atoms with van der Waals surface area (Å²) in [6, 6.07) is 14.1. The Morgan fingerprint density at radius 2 is 1.65 bits per heavy atom. The topological polar surface area (TPSA) is 32.3 Å². The molecule has 0 bridgehead atoms. The molecular weight excluding hydrogens is 305 g/mol. The molecule has 0 saturated heterocycles. The van der Waals surface area contributed by atoms with E-state index in [0.29, 0.717) is 12.2 Å². The van der Waals surface area contributed by atoms with Gasteiger partial charge in [-0.25, -0.2) is 0 Å². The number of carbonyl (C=O) groups is 1. The van der Waals surface area contributed by atoms with Crippen LogP contribution in [0.15, 0.2) is 54.6 Å². The highest BCUT2D eigenvalue weighted by molar-refractivity contribution is 5.80. The number of benzene rings is 2. The van der Waals surface area contributed by atoms with Crippen molar-refractivity contribution in [3.8, 4) is 0 Å². The van der Waals surface area contributed by atoms with Crippen LogP contribution in [0.5, 0.6) is 0 Å². The summed E-state index contributed by atoms with van der Waals surface area (Å²) in [6.45, 7) is 0.503. The van der Waals surface area contributed by atoms with Crippen molar-refractivity contribution in [2.45, 2.75) is 12.7 Å². The lowest BCUT2D eigenvalue weighted by Crippen LogP contribution is -2.31. The van der Waals surface area contributed by atoms with Crippen molar-refractivity contribution in [2.24, 2.45) is 0 Å². The molecule has 23 heavy (non-hydrogen) atoms. The van der Waals surface area contributed by atoms with Crippen LogP contribution in [0.2, 0.25) is 0 Å². The molecule has 0 spiro atoms. The van der Waals surface area contributed by atoms with Gasteiger partial charge in [-0.2, -0.15) is 13.2 Å². The first-order valence-electron chi connectivity index (χ1n) is 7.05. The number of carbonyl (C=O) groups excluding carboxylic acids is 1. The van der Waals surface area contributed by atoms with Gasteiger partial charge in [0.25, 0.3) is 0 Å². The van der Waals surface area contributed by atoms with E-state index in [9.17, 15) is 18.0 Å². The van der Waals surface area contributed by atoms with E-state index in [1.54, 1.807) is 11.9 Å². The minimum atomic E-state index is -4.36.